The van der Waals surface area contributed by atoms with Gasteiger partial charge in [0, 0.05) is 31.2 Å². The standard InChI is InChI=1S/C21H24FN5.C2H6/c1-5-15(2)8-6-9-17(22)16(3)20-24-12-13-27(20)14-19-25-18-10-7-11-23-21(18)26(19)4;1-2/h6-13,15H,3,5,14H2,1-2,4H3;1-2H3/b8-6-,17-9+;. The Bertz CT molecular complexity index is 1010. The number of fused-ring (bicyclic) bond motifs is 1. The van der Waals surface area contributed by atoms with Crippen LogP contribution in [0.15, 0.2) is 61.4 Å². The maximum Gasteiger partial charge on any atom is 0.159 e. The molecule has 3 rings (SSSR count). The number of allylic oxidation sites excluding steroid dienone is 5. The summed E-state index contributed by atoms with van der Waals surface area (Å²) < 4.78 is 18.3. The largest absolute Gasteiger partial charge is 0.323 e. The quantitative estimate of drug-likeness (QED) is 0.482. The van der Waals surface area contributed by atoms with Gasteiger partial charge in [-0.3, -0.25) is 0 Å². The minimum absolute atomic E-state index is 0.255. The number of nitrogens with zero attached hydrogens (tertiary/aromatic N) is 5. The van der Waals surface area contributed by atoms with Crippen LogP contribution in [0, 0.1) is 5.92 Å². The molecule has 1 unspecified atom stereocenters. The maximum absolute atomic E-state index is 14.5. The van der Waals surface area contributed by atoms with E-state index in [1.165, 1.54) is 6.08 Å². The van der Waals surface area contributed by atoms with Gasteiger partial charge >= 0.3 is 0 Å². The van der Waals surface area contributed by atoms with E-state index in [-0.39, 0.29) is 5.57 Å². The van der Waals surface area contributed by atoms with Crippen molar-refractivity contribution in [2.45, 2.75) is 40.7 Å². The molecule has 0 saturated carbocycles. The third kappa shape index (κ3) is 5.28. The number of hydrogen-bond donors (Lipinski definition) is 0. The molecule has 6 heteroatoms. The SMILES string of the molecule is C=C(/C(F)=C\C=C/C(C)CC)c1nccn1Cc1nc2cccnc2n1C.CC. The Morgan fingerprint density at radius 1 is 1.28 bits per heavy atom. The summed E-state index contributed by atoms with van der Waals surface area (Å²) >= 11 is 0. The number of halogens is 1. The first-order chi connectivity index (χ1) is 14.0. The molecule has 3 aromatic heterocycles. The second kappa shape index (κ2) is 10.5. The van der Waals surface area contributed by atoms with Gasteiger partial charge in [0.1, 0.15) is 23.0 Å². The van der Waals surface area contributed by atoms with E-state index in [1.54, 1.807) is 24.7 Å². The number of imidazole rings is 2. The molecule has 5 nitrogen and oxygen atoms in total. The minimum atomic E-state index is -0.395. The van der Waals surface area contributed by atoms with Crippen molar-refractivity contribution in [3.63, 3.8) is 0 Å². The molecule has 0 N–H and O–H groups in total. The Labute approximate surface area is 172 Å². The third-order valence-electron chi connectivity index (χ3n) is 4.63. The maximum atomic E-state index is 14.5. The lowest BCUT2D eigenvalue weighted by Gasteiger charge is -2.09. The van der Waals surface area contributed by atoms with Gasteiger partial charge in [0.15, 0.2) is 5.65 Å². The summed E-state index contributed by atoms with van der Waals surface area (Å²) in [5.74, 6) is 1.32. The highest BCUT2D eigenvalue weighted by Crippen LogP contribution is 2.22. The molecule has 1 atom stereocenters. The summed E-state index contributed by atoms with van der Waals surface area (Å²) in [5.41, 5.74) is 1.90. The molecule has 29 heavy (non-hydrogen) atoms. The van der Waals surface area contributed by atoms with Crippen LogP contribution in [-0.2, 0) is 13.6 Å². The van der Waals surface area contributed by atoms with Crippen LogP contribution >= 0.6 is 0 Å². The molecule has 0 radical (unpaired) electrons. The van der Waals surface area contributed by atoms with Crippen LogP contribution < -0.4 is 0 Å². The van der Waals surface area contributed by atoms with Gasteiger partial charge in [0.2, 0.25) is 0 Å². The molecule has 0 amide bonds. The van der Waals surface area contributed by atoms with E-state index in [9.17, 15) is 4.39 Å². The van der Waals surface area contributed by atoms with Crippen LogP contribution in [0.4, 0.5) is 4.39 Å². The van der Waals surface area contributed by atoms with Gasteiger partial charge in [-0.05, 0) is 24.1 Å². The fourth-order valence-corrected chi connectivity index (χ4v) is 2.75. The second-order valence-electron chi connectivity index (χ2n) is 6.58. The van der Waals surface area contributed by atoms with Crippen LogP contribution in [0.2, 0.25) is 0 Å². The molecular weight excluding hydrogens is 365 g/mol. The van der Waals surface area contributed by atoms with Crippen molar-refractivity contribution in [1.82, 2.24) is 24.1 Å². The molecule has 0 bridgehead atoms. The first-order valence-electron chi connectivity index (χ1n) is 10.0. The van der Waals surface area contributed by atoms with Gasteiger partial charge in [-0.25, -0.2) is 19.3 Å². The first-order valence-corrected chi connectivity index (χ1v) is 10.0. The van der Waals surface area contributed by atoms with E-state index in [4.69, 9.17) is 0 Å². The average Bonchev–Trinajstić information content (AvgIpc) is 3.33. The summed E-state index contributed by atoms with van der Waals surface area (Å²) in [6, 6.07) is 3.78. The zero-order valence-corrected chi connectivity index (χ0v) is 17.9. The lowest BCUT2D eigenvalue weighted by Crippen LogP contribution is -2.08. The van der Waals surface area contributed by atoms with Crippen molar-refractivity contribution in [2.24, 2.45) is 13.0 Å². The second-order valence-corrected chi connectivity index (χ2v) is 6.58. The van der Waals surface area contributed by atoms with E-state index in [0.29, 0.717) is 18.3 Å². The number of aromatic nitrogens is 5. The molecule has 0 saturated heterocycles. The lowest BCUT2D eigenvalue weighted by molar-refractivity contribution is 0.659. The van der Waals surface area contributed by atoms with Crippen molar-refractivity contribution >= 4 is 16.7 Å². The molecule has 0 fully saturated rings. The van der Waals surface area contributed by atoms with Crippen LogP contribution in [0.25, 0.3) is 16.7 Å². The normalized spacial score (nSPS) is 12.8. The predicted octanol–water partition coefficient (Wildman–Crippen LogP) is 5.71. The average molecular weight is 396 g/mol. The molecule has 3 heterocycles. The molecular formula is C23H30FN5. The van der Waals surface area contributed by atoms with Crippen LogP contribution in [-0.4, -0.2) is 24.1 Å². The smallest absolute Gasteiger partial charge is 0.159 e. The van der Waals surface area contributed by atoms with Gasteiger partial charge in [-0.1, -0.05) is 52.8 Å². The Kier molecular flexibility index (Phi) is 8.07. The van der Waals surface area contributed by atoms with Crippen LogP contribution in [0.1, 0.15) is 45.8 Å². The highest BCUT2D eigenvalue weighted by atomic mass is 19.1. The van der Waals surface area contributed by atoms with Crippen LogP contribution in [0.5, 0.6) is 0 Å². The van der Waals surface area contributed by atoms with Gasteiger partial charge in [-0.15, -0.1) is 0 Å². The monoisotopic (exact) mass is 395 g/mol. The predicted molar refractivity (Wildman–Crippen MR) is 118 cm³/mol. The summed E-state index contributed by atoms with van der Waals surface area (Å²) in [7, 11) is 1.92. The molecule has 0 spiro atoms. The number of aryl methyl sites for hydroxylation is 1. The fourth-order valence-electron chi connectivity index (χ4n) is 2.75. The lowest BCUT2D eigenvalue weighted by atomic mass is 10.1. The topological polar surface area (TPSA) is 48.5 Å². The zero-order valence-electron chi connectivity index (χ0n) is 17.9. The fraction of sp³-hybridized carbons (Fsp3) is 0.348. The summed E-state index contributed by atoms with van der Waals surface area (Å²) in [5, 5.41) is 0. The molecule has 0 aliphatic rings. The van der Waals surface area contributed by atoms with E-state index in [2.05, 4.69) is 35.4 Å². The highest BCUT2D eigenvalue weighted by Gasteiger charge is 2.14. The Morgan fingerprint density at radius 3 is 2.72 bits per heavy atom. The Balaban J connectivity index is 0.00000145. The van der Waals surface area contributed by atoms with Crippen molar-refractivity contribution in [1.29, 1.82) is 0 Å². The third-order valence-corrected chi connectivity index (χ3v) is 4.63. The van der Waals surface area contributed by atoms with Crippen molar-refractivity contribution in [2.75, 3.05) is 0 Å². The summed E-state index contributed by atoms with van der Waals surface area (Å²) in [6.07, 6.45) is 11.4. The number of pyridine rings is 1. The van der Waals surface area contributed by atoms with Crippen molar-refractivity contribution < 1.29 is 4.39 Å². The molecule has 154 valence electrons. The van der Waals surface area contributed by atoms with Gasteiger partial charge in [0.25, 0.3) is 0 Å². The van der Waals surface area contributed by atoms with E-state index < -0.39 is 5.83 Å². The number of hydrogen-bond acceptors (Lipinski definition) is 3. The first kappa shape index (κ1) is 22.3. The Morgan fingerprint density at radius 2 is 2.03 bits per heavy atom. The molecule has 0 aliphatic carbocycles. The highest BCUT2D eigenvalue weighted by molar-refractivity contribution is 5.72. The van der Waals surface area contributed by atoms with E-state index >= 15 is 0 Å². The Hall–Kier alpha value is -3.02. The van der Waals surface area contributed by atoms with Gasteiger partial charge in [0.05, 0.1) is 6.54 Å². The van der Waals surface area contributed by atoms with Gasteiger partial charge in [-0.2, -0.15) is 0 Å². The van der Waals surface area contributed by atoms with Gasteiger partial charge < -0.3 is 9.13 Å². The molecule has 0 aromatic carbocycles. The zero-order chi connectivity index (χ0) is 21.4. The van der Waals surface area contributed by atoms with Crippen LogP contribution in [0.3, 0.4) is 0 Å². The summed E-state index contributed by atoms with van der Waals surface area (Å²) in [4.78, 5) is 13.2. The number of rotatable bonds is 7. The van der Waals surface area contributed by atoms with E-state index in [0.717, 1.165) is 23.4 Å². The van der Waals surface area contributed by atoms with Crippen molar-refractivity contribution in [3.05, 3.63) is 73.0 Å². The molecule has 3 aromatic rings. The van der Waals surface area contributed by atoms with E-state index in [1.807, 2.05) is 48.2 Å². The molecule has 0 aliphatic heterocycles. The van der Waals surface area contributed by atoms with Crippen molar-refractivity contribution in [3.8, 4) is 0 Å². The summed E-state index contributed by atoms with van der Waals surface area (Å²) in [6.45, 7) is 12.5. The minimum Gasteiger partial charge on any atom is -0.323 e.